The maximum absolute atomic E-state index is 13.8. The fourth-order valence-electron chi connectivity index (χ4n) is 7.44. The lowest BCUT2D eigenvalue weighted by molar-refractivity contribution is -0.143. The molecule has 200 valence electrons. The van der Waals surface area contributed by atoms with E-state index in [9.17, 15) is 14.7 Å². The predicted molar refractivity (Wildman–Crippen MR) is 146 cm³/mol. The summed E-state index contributed by atoms with van der Waals surface area (Å²) in [4.78, 5) is 29.0. The molecule has 5 rings (SSSR count). The van der Waals surface area contributed by atoms with Gasteiger partial charge < -0.3 is 9.84 Å². The molecule has 5 heteroatoms. The number of allylic oxidation sites excluding steroid dienone is 2. The van der Waals surface area contributed by atoms with Crippen LogP contribution in [0.5, 0.6) is 5.75 Å². The number of hydrogen-bond acceptors (Lipinski definition) is 4. The molecule has 2 aliphatic heterocycles. The second kappa shape index (κ2) is 11.1. The number of carbonyl (C=O) groups excluding carboxylic acids is 2. The van der Waals surface area contributed by atoms with Gasteiger partial charge in [-0.3, -0.25) is 14.5 Å². The fourth-order valence-corrected chi connectivity index (χ4v) is 7.44. The molecular weight excluding hydrogens is 462 g/mol. The molecule has 0 unspecified atom stereocenters. The van der Waals surface area contributed by atoms with Crippen LogP contribution in [0.15, 0.2) is 41.0 Å². The van der Waals surface area contributed by atoms with Crippen molar-refractivity contribution < 1.29 is 19.4 Å². The van der Waals surface area contributed by atoms with Crippen molar-refractivity contribution in [2.75, 3.05) is 6.61 Å². The molecule has 0 radical (unpaired) electrons. The van der Waals surface area contributed by atoms with E-state index in [2.05, 4.69) is 26.8 Å². The molecule has 2 heterocycles. The standard InChI is InChI=1S/C32H43NO4/c1-4-9-21(16-22-10-8-13-24(34)17-22)14-15-28-29-25(20(2)3)18-26-30(27(29)19-37-28)32(36)33(31(26)35)23-11-6-5-7-12-23/h8,10,13,16-17,20,23,26-28,30,34H,4-7,9,11-12,14-15,18-19H2,1-3H3/b21-16+/t26-,27+,28-,30-/m1/s1. The average Bonchev–Trinajstić information content (AvgIpc) is 3.41. The van der Waals surface area contributed by atoms with Crippen LogP contribution in [-0.2, 0) is 14.3 Å². The van der Waals surface area contributed by atoms with E-state index in [0.29, 0.717) is 18.9 Å². The molecule has 0 aromatic heterocycles. The van der Waals surface area contributed by atoms with E-state index in [0.717, 1.165) is 56.9 Å². The number of rotatable bonds is 8. The number of phenols is 1. The zero-order valence-corrected chi connectivity index (χ0v) is 22.7. The first-order valence-corrected chi connectivity index (χ1v) is 14.6. The van der Waals surface area contributed by atoms with Crippen molar-refractivity contribution in [3.63, 3.8) is 0 Å². The van der Waals surface area contributed by atoms with Crippen molar-refractivity contribution in [3.05, 3.63) is 46.5 Å². The van der Waals surface area contributed by atoms with Gasteiger partial charge in [0.15, 0.2) is 0 Å². The molecule has 2 saturated heterocycles. The highest BCUT2D eigenvalue weighted by Crippen LogP contribution is 2.52. The zero-order valence-electron chi connectivity index (χ0n) is 22.7. The maximum atomic E-state index is 13.8. The molecule has 1 N–H and O–H groups in total. The minimum absolute atomic E-state index is 0.0133. The molecule has 4 atom stereocenters. The summed E-state index contributed by atoms with van der Waals surface area (Å²) in [7, 11) is 0. The maximum Gasteiger partial charge on any atom is 0.234 e. The summed E-state index contributed by atoms with van der Waals surface area (Å²) < 4.78 is 6.44. The van der Waals surface area contributed by atoms with Gasteiger partial charge in [0.05, 0.1) is 24.5 Å². The van der Waals surface area contributed by atoms with Gasteiger partial charge in [-0.05, 0) is 67.7 Å². The Morgan fingerprint density at radius 3 is 2.59 bits per heavy atom. The van der Waals surface area contributed by atoms with Gasteiger partial charge in [-0.1, -0.05) is 75.8 Å². The first kappa shape index (κ1) is 26.2. The number of aromatic hydroxyl groups is 1. The summed E-state index contributed by atoms with van der Waals surface area (Å²) in [6.07, 6.45) is 12.2. The van der Waals surface area contributed by atoms with Crippen molar-refractivity contribution in [2.45, 2.75) is 97.1 Å². The Hall–Kier alpha value is -2.40. The topological polar surface area (TPSA) is 66.8 Å². The number of imide groups is 1. The SMILES string of the molecule is CCC/C(=C\c1cccc(O)c1)CC[C@H]1OC[C@H]2C1=C(C(C)C)C[C@H]1C(=O)N(C3CCCCC3)C(=O)[C@H]12. The Morgan fingerprint density at radius 2 is 1.89 bits per heavy atom. The summed E-state index contributed by atoms with van der Waals surface area (Å²) in [5, 5.41) is 9.88. The Bertz CT molecular complexity index is 1080. The van der Waals surface area contributed by atoms with Crippen LogP contribution in [0.2, 0.25) is 0 Å². The summed E-state index contributed by atoms with van der Waals surface area (Å²) in [5.74, 6) is 0.379. The lowest BCUT2D eigenvalue weighted by Crippen LogP contribution is -2.42. The molecule has 2 amide bonds. The average molecular weight is 506 g/mol. The lowest BCUT2D eigenvalue weighted by Gasteiger charge is -2.33. The summed E-state index contributed by atoms with van der Waals surface area (Å²) >= 11 is 0. The quantitative estimate of drug-likeness (QED) is 0.317. The highest BCUT2D eigenvalue weighted by atomic mass is 16.5. The van der Waals surface area contributed by atoms with E-state index in [1.165, 1.54) is 23.1 Å². The third-order valence-corrected chi connectivity index (χ3v) is 9.15. The number of phenolic OH excluding ortho intramolecular Hbond substituents is 1. The van der Waals surface area contributed by atoms with Crippen LogP contribution in [0.1, 0.15) is 90.5 Å². The third-order valence-electron chi connectivity index (χ3n) is 9.15. The van der Waals surface area contributed by atoms with Crippen molar-refractivity contribution in [1.29, 1.82) is 0 Å². The van der Waals surface area contributed by atoms with E-state index < -0.39 is 0 Å². The Morgan fingerprint density at radius 1 is 1.11 bits per heavy atom. The van der Waals surface area contributed by atoms with E-state index in [1.807, 2.05) is 12.1 Å². The molecule has 4 aliphatic rings. The van der Waals surface area contributed by atoms with E-state index in [4.69, 9.17) is 4.74 Å². The number of hydrogen-bond donors (Lipinski definition) is 1. The Balaban J connectivity index is 1.37. The third kappa shape index (κ3) is 5.16. The van der Waals surface area contributed by atoms with Crippen LogP contribution in [0.25, 0.3) is 6.08 Å². The summed E-state index contributed by atoms with van der Waals surface area (Å²) in [6, 6.07) is 7.51. The van der Waals surface area contributed by atoms with Crippen molar-refractivity contribution in [1.82, 2.24) is 4.90 Å². The second-order valence-corrected chi connectivity index (χ2v) is 11.9. The van der Waals surface area contributed by atoms with Gasteiger partial charge in [0, 0.05) is 12.0 Å². The minimum atomic E-state index is -0.241. The zero-order chi connectivity index (χ0) is 26.1. The van der Waals surface area contributed by atoms with Gasteiger partial charge in [-0.25, -0.2) is 0 Å². The van der Waals surface area contributed by atoms with E-state index in [-0.39, 0.29) is 47.5 Å². The van der Waals surface area contributed by atoms with Crippen LogP contribution in [0, 0.1) is 23.7 Å². The number of carbonyl (C=O) groups is 2. The number of ether oxygens (including phenoxy) is 1. The number of fused-ring (bicyclic) bond motifs is 3. The monoisotopic (exact) mass is 505 g/mol. The normalized spacial score (nSPS) is 28.9. The molecule has 1 aromatic rings. The Labute approximate surface area is 222 Å². The largest absolute Gasteiger partial charge is 0.508 e. The van der Waals surface area contributed by atoms with Gasteiger partial charge in [-0.2, -0.15) is 0 Å². The fraction of sp³-hybridized carbons (Fsp3) is 0.625. The van der Waals surface area contributed by atoms with E-state index in [1.54, 1.807) is 17.0 Å². The van der Waals surface area contributed by atoms with Crippen LogP contribution in [0.4, 0.5) is 0 Å². The summed E-state index contributed by atoms with van der Waals surface area (Å²) in [5.41, 5.74) is 5.07. The van der Waals surface area contributed by atoms with Gasteiger partial charge in [0.2, 0.25) is 11.8 Å². The predicted octanol–water partition coefficient (Wildman–Crippen LogP) is 6.66. The van der Waals surface area contributed by atoms with Crippen molar-refractivity contribution >= 4 is 17.9 Å². The first-order valence-electron chi connectivity index (χ1n) is 14.6. The minimum Gasteiger partial charge on any atom is -0.508 e. The molecule has 0 bridgehead atoms. The number of nitrogens with zero attached hydrogens (tertiary/aromatic N) is 1. The van der Waals surface area contributed by atoms with Gasteiger partial charge in [0.1, 0.15) is 5.75 Å². The van der Waals surface area contributed by atoms with Crippen molar-refractivity contribution in [3.8, 4) is 5.75 Å². The van der Waals surface area contributed by atoms with Crippen LogP contribution < -0.4 is 0 Å². The van der Waals surface area contributed by atoms with Crippen molar-refractivity contribution in [2.24, 2.45) is 23.7 Å². The summed E-state index contributed by atoms with van der Waals surface area (Å²) in [6.45, 7) is 7.19. The van der Waals surface area contributed by atoms with Crippen LogP contribution in [-0.4, -0.2) is 40.6 Å². The Kier molecular flexibility index (Phi) is 7.90. The van der Waals surface area contributed by atoms with E-state index >= 15 is 0 Å². The smallest absolute Gasteiger partial charge is 0.234 e. The first-order chi connectivity index (χ1) is 17.9. The van der Waals surface area contributed by atoms with Crippen LogP contribution >= 0.6 is 0 Å². The molecule has 3 fully saturated rings. The highest BCUT2D eigenvalue weighted by Gasteiger charge is 2.58. The van der Waals surface area contributed by atoms with Gasteiger partial charge >= 0.3 is 0 Å². The lowest BCUT2D eigenvalue weighted by atomic mass is 9.67. The second-order valence-electron chi connectivity index (χ2n) is 11.9. The molecule has 1 aromatic carbocycles. The molecule has 37 heavy (non-hydrogen) atoms. The van der Waals surface area contributed by atoms with Crippen LogP contribution in [0.3, 0.4) is 0 Å². The number of likely N-dealkylation sites (tertiary alicyclic amines) is 1. The molecule has 5 nitrogen and oxygen atoms in total. The number of benzene rings is 1. The molecular formula is C32H43NO4. The number of amides is 2. The van der Waals surface area contributed by atoms with Gasteiger partial charge in [0.25, 0.3) is 0 Å². The molecule has 1 saturated carbocycles. The van der Waals surface area contributed by atoms with Gasteiger partial charge in [-0.15, -0.1) is 0 Å². The highest BCUT2D eigenvalue weighted by molar-refractivity contribution is 6.06. The molecule has 2 aliphatic carbocycles. The molecule has 0 spiro atoms.